The Balaban J connectivity index is 1.73. The third-order valence-electron chi connectivity index (χ3n) is 4.80. The molecule has 0 aliphatic heterocycles. The van der Waals surface area contributed by atoms with Crippen LogP contribution in [0.5, 0.6) is 0 Å². The average molecular weight is 424 g/mol. The van der Waals surface area contributed by atoms with E-state index in [1.807, 2.05) is 59.2 Å². The normalized spacial score (nSPS) is 11.0. The van der Waals surface area contributed by atoms with Crippen molar-refractivity contribution >= 4 is 45.8 Å². The number of hydrogen-bond acceptors (Lipinski definition) is 2. The van der Waals surface area contributed by atoms with Crippen LogP contribution in [0.25, 0.3) is 22.4 Å². The highest BCUT2D eigenvalue weighted by Crippen LogP contribution is 2.32. The number of hydrogen-bond donors (Lipinski definition) is 1. The minimum absolute atomic E-state index is 0.118. The molecule has 0 unspecified atom stereocenters. The lowest BCUT2D eigenvalue weighted by atomic mass is 10.1. The Morgan fingerprint density at radius 3 is 2.59 bits per heavy atom. The van der Waals surface area contributed by atoms with Crippen molar-refractivity contribution in [3.8, 4) is 11.4 Å². The molecule has 6 heteroatoms. The summed E-state index contributed by atoms with van der Waals surface area (Å²) >= 11 is 12.5. The number of aryl methyl sites for hydroxylation is 1. The number of benzene rings is 3. The van der Waals surface area contributed by atoms with E-state index in [0.717, 1.165) is 34.3 Å². The van der Waals surface area contributed by atoms with Gasteiger partial charge in [-0.2, -0.15) is 0 Å². The highest BCUT2D eigenvalue weighted by atomic mass is 35.5. The maximum atomic E-state index is 12.9. The minimum Gasteiger partial charge on any atom is -0.324 e. The van der Waals surface area contributed by atoms with E-state index in [-0.39, 0.29) is 12.5 Å². The van der Waals surface area contributed by atoms with Gasteiger partial charge < -0.3 is 9.88 Å². The number of halogens is 2. The van der Waals surface area contributed by atoms with Gasteiger partial charge in [-0.1, -0.05) is 60.5 Å². The smallest absolute Gasteiger partial charge is 0.244 e. The first kappa shape index (κ1) is 19.5. The van der Waals surface area contributed by atoms with E-state index < -0.39 is 0 Å². The second kappa shape index (κ2) is 8.27. The zero-order chi connectivity index (χ0) is 20.4. The molecule has 0 bridgehead atoms. The molecular weight excluding hydrogens is 405 g/mol. The van der Waals surface area contributed by atoms with Crippen molar-refractivity contribution in [2.75, 3.05) is 5.32 Å². The first-order chi connectivity index (χ1) is 14.1. The van der Waals surface area contributed by atoms with Crippen LogP contribution < -0.4 is 5.32 Å². The number of para-hydroxylation sites is 3. The molecule has 4 aromatic rings. The molecular formula is C23H19Cl2N3O. The summed E-state index contributed by atoms with van der Waals surface area (Å²) in [6, 6.07) is 20.8. The molecule has 0 saturated heterocycles. The summed E-state index contributed by atoms with van der Waals surface area (Å²) in [6.07, 6.45) is 0.843. The van der Waals surface area contributed by atoms with Gasteiger partial charge in [-0.3, -0.25) is 4.79 Å². The molecule has 0 saturated carbocycles. The first-order valence-electron chi connectivity index (χ1n) is 9.35. The number of anilines is 1. The lowest BCUT2D eigenvalue weighted by Crippen LogP contribution is -2.20. The highest BCUT2D eigenvalue weighted by Gasteiger charge is 2.18. The van der Waals surface area contributed by atoms with E-state index in [9.17, 15) is 4.79 Å². The number of fused-ring (bicyclic) bond motifs is 1. The SMILES string of the molecule is CCc1ccccc1NC(=O)Cn1c(-c2ccc(Cl)cc2Cl)nc2ccccc21. The van der Waals surface area contributed by atoms with E-state index in [2.05, 4.69) is 12.2 Å². The quantitative estimate of drug-likeness (QED) is 0.414. The summed E-state index contributed by atoms with van der Waals surface area (Å²) in [7, 11) is 0. The molecule has 146 valence electrons. The van der Waals surface area contributed by atoms with Gasteiger partial charge in [0.1, 0.15) is 12.4 Å². The summed E-state index contributed by atoms with van der Waals surface area (Å²) in [5.74, 6) is 0.507. The van der Waals surface area contributed by atoms with E-state index >= 15 is 0 Å². The van der Waals surface area contributed by atoms with Crippen LogP contribution in [0.15, 0.2) is 66.7 Å². The molecule has 0 aliphatic carbocycles. The number of carbonyl (C=O) groups excluding carboxylic acids is 1. The molecule has 3 aromatic carbocycles. The van der Waals surface area contributed by atoms with Crippen molar-refractivity contribution in [1.82, 2.24) is 9.55 Å². The lowest BCUT2D eigenvalue weighted by Gasteiger charge is -2.13. The fraction of sp³-hybridized carbons (Fsp3) is 0.130. The largest absolute Gasteiger partial charge is 0.324 e. The summed E-state index contributed by atoms with van der Waals surface area (Å²) in [5, 5.41) is 4.07. The summed E-state index contributed by atoms with van der Waals surface area (Å²) < 4.78 is 1.88. The molecule has 0 aliphatic rings. The van der Waals surface area contributed by atoms with E-state index in [0.29, 0.717) is 15.9 Å². The Morgan fingerprint density at radius 2 is 1.79 bits per heavy atom. The minimum atomic E-state index is -0.125. The first-order valence-corrected chi connectivity index (χ1v) is 10.1. The van der Waals surface area contributed by atoms with Gasteiger partial charge >= 0.3 is 0 Å². The van der Waals surface area contributed by atoms with E-state index in [1.54, 1.807) is 12.1 Å². The zero-order valence-electron chi connectivity index (χ0n) is 15.8. The monoisotopic (exact) mass is 423 g/mol. The van der Waals surface area contributed by atoms with Crippen LogP contribution in [0.3, 0.4) is 0 Å². The number of aromatic nitrogens is 2. The number of nitrogens with zero attached hydrogens (tertiary/aromatic N) is 2. The maximum Gasteiger partial charge on any atom is 0.244 e. The number of rotatable bonds is 5. The van der Waals surface area contributed by atoms with Crippen molar-refractivity contribution in [1.29, 1.82) is 0 Å². The standard InChI is InChI=1S/C23H19Cl2N3O/c1-2-15-7-3-4-8-19(15)26-22(29)14-28-21-10-6-5-9-20(21)27-23(28)17-12-11-16(24)13-18(17)25/h3-13H,2,14H2,1H3,(H,26,29). The molecule has 0 spiro atoms. The van der Waals surface area contributed by atoms with Gasteiger partial charge in [0.15, 0.2) is 0 Å². The van der Waals surface area contributed by atoms with Gasteiger partial charge in [0.25, 0.3) is 0 Å². The number of carbonyl (C=O) groups is 1. The van der Waals surface area contributed by atoms with Gasteiger partial charge in [-0.15, -0.1) is 0 Å². The molecule has 29 heavy (non-hydrogen) atoms. The Morgan fingerprint density at radius 1 is 1.03 bits per heavy atom. The zero-order valence-corrected chi connectivity index (χ0v) is 17.3. The summed E-state index contributed by atoms with van der Waals surface area (Å²) in [4.78, 5) is 17.6. The predicted molar refractivity (Wildman–Crippen MR) is 120 cm³/mol. The van der Waals surface area contributed by atoms with Crippen molar-refractivity contribution in [3.63, 3.8) is 0 Å². The summed E-state index contributed by atoms with van der Waals surface area (Å²) in [6.45, 7) is 2.18. The van der Waals surface area contributed by atoms with Crippen LogP contribution in [-0.2, 0) is 17.8 Å². The second-order valence-electron chi connectivity index (χ2n) is 6.69. The van der Waals surface area contributed by atoms with E-state index in [1.165, 1.54) is 0 Å². The van der Waals surface area contributed by atoms with Crippen LogP contribution in [0.4, 0.5) is 5.69 Å². The number of amides is 1. The molecule has 4 rings (SSSR count). The van der Waals surface area contributed by atoms with Crippen molar-refractivity contribution in [3.05, 3.63) is 82.3 Å². The number of imidazole rings is 1. The maximum absolute atomic E-state index is 12.9. The van der Waals surface area contributed by atoms with Crippen molar-refractivity contribution in [2.24, 2.45) is 0 Å². The summed E-state index contributed by atoms with van der Waals surface area (Å²) in [5.41, 5.74) is 4.32. The van der Waals surface area contributed by atoms with Gasteiger partial charge in [0.05, 0.1) is 16.1 Å². The molecule has 1 amide bonds. The second-order valence-corrected chi connectivity index (χ2v) is 7.54. The molecule has 4 nitrogen and oxygen atoms in total. The van der Waals surface area contributed by atoms with Gasteiger partial charge in [-0.25, -0.2) is 4.98 Å². The predicted octanol–water partition coefficient (Wildman–Crippen LogP) is 6.21. The van der Waals surface area contributed by atoms with Gasteiger partial charge in [-0.05, 0) is 48.4 Å². The number of nitrogens with one attached hydrogen (secondary N) is 1. The molecule has 0 atom stereocenters. The highest BCUT2D eigenvalue weighted by molar-refractivity contribution is 6.36. The van der Waals surface area contributed by atoms with Crippen molar-refractivity contribution < 1.29 is 4.79 Å². The fourth-order valence-corrected chi connectivity index (χ4v) is 3.89. The van der Waals surface area contributed by atoms with Crippen LogP contribution in [0, 0.1) is 0 Å². The fourth-order valence-electron chi connectivity index (χ4n) is 3.40. The molecule has 1 aromatic heterocycles. The van der Waals surface area contributed by atoms with E-state index in [4.69, 9.17) is 28.2 Å². The van der Waals surface area contributed by atoms with Crippen LogP contribution in [-0.4, -0.2) is 15.5 Å². The third-order valence-corrected chi connectivity index (χ3v) is 5.35. The van der Waals surface area contributed by atoms with Crippen LogP contribution >= 0.6 is 23.2 Å². The van der Waals surface area contributed by atoms with Crippen LogP contribution in [0.2, 0.25) is 10.0 Å². The Kier molecular flexibility index (Phi) is 5.56. The van der Waals surface area contributed by atoms with Crippen molar-refractivity contribution in [2.45, 2.75) is 19.9 Å². The Hall–Kier alpha value is -2.82. The van der Waals surface area contributed by atoms with Gasteiger partial charge in [0.2, 0.25) is 5.91 Å². The van der Waals surface area contributed by atoms with Crippen LogP contribution in [0.1, 0.15) is 12.5 Å². The molecule has 0 fully saturated rings. The van der Waals surface area contributed by atoms with Gasteiger partial charge in [0, 0.05) is 16.3 Å². The average Bonchev–Trinajstić information content (AvgIpc) is 3.06. The lowest BCUT2D eigenvalue weighted by molar-refractivity contribution is -0.116. The molecule has 1 heterocycles. The topological polar surface area (TPSA) is 46.9 Å². The Labute approximate surface area is 179 Å². The Bertz CT molecular complexity index is 1200. The molecule has 0 radical (unpaired) electrons. The third kappa shape index (κ3) is 4.00. The molecule has 1 N–H and O–H groups in total.